The highest BCUT2D eigenvalue weighted by atomic mass is 16.5. The fourth-order valence-corrected chi connectivity index (χ4v) is 3.30. The first kappa shape index (κ1) is 20.1. The van der Waals surface area contributed by atoms with E-state index in [1.807, 2.05) is 13.8 Å². The number of rotatable bonds is 5. The molecule has 6 heteroatoms. The van der Waals surface area contributed by atoms with Crippen LogP contribution in [0.2, 0.25) is 0 Å². The number of hydrogen-bond donors (Lipinski definition) is 1. The molecule has 0 bridgehead atoms. The van der Waals surface area contributed by atoms with Crippen LogP contribution in [0.25, 0.3) is 0 Å². The van der Waals surface area contributed by atoms with Gasteiger partial charge >= 0.3 is 12.0 Å². The van der Waals surface area contributed by atoms with Crippen LogP contribution in [0, 0.1) is 19.8 Å². The molecule has 1 atom stereocenters. The zero-order valence-corrected chi connectivity index (χ0v) is 16.5. The van der Waals surface area contributed by atoms with Crippen LogP contribution in [0.5, 0.6) is 0 Å². The second kappa shape index (κ2) is 8.92. The van der Waals surface area contributed by atoms with Crippen molar-refractivity contribution in [2.75, 3.05) is 38.2 Å². The third kappa shape index (κ3) is 4.90. The highest BCUT2D eigenvalue weighted by Gasteiger charge is 2.27. The first-order chi connectivity index (χ1) is 12.3. The van der Waals surface area contributed by atoms with E-state index in [0.29, 0.717) is 25.4 Å². The number of carbonyl (C=O) groups is 2. The van der Waals surface area contributed by atoms with Crippen LogP contribution in [-0.2, 0) is 9.53 Å². The lowest BCUT2D eigenvalue weighted by Crippen LogP contribution is -2.55. The number of carbonyl (C=O) groups excluding carboxylic acids is 2. The number of hydrogen-bond acceptors (Lipinski definition) is 4. The molecule has 144 valence electrons. The summed E-state index contributed by atoms with van der Waals surface area (Å²) in [6.07, 6.45) is 0.570. The van der Waals surface area contributed by atoms with Crippen LogP contribution in [0.3, 0.4) is 0 Å². The molecule has 0 spiro atoms. The Morgan fingerprint density at radius 3 is 2.38 bits per heavy atom. The summed E-state index contributed by atoms with van der Waals surface area (Å²) in [6, 6.07) is 5.54. The first-order valence-electron chi connectivity index (χ1n) is 9.28. The summed E-state index contributed by atoms with van der Waals surface area (Å²) in [5.41, 5.74) is 3.79. The van der Waals surface area contributed by atoms with Crippen molar-refractivity contribution in [1.82, 2.24) is 10.2 Å². The fraction of sp³-hybridized carbons (Fsp3) is 0.600. The average Bonchev–Trinajstić information content (AvgIpc) is 2.62. The van der Waals surface area contributed by atoms with Crippen molar-refractivity contribution < 1.29 is 14.3 Å². The predicted octanol–water partition coefficient (Wildman–Crippen LogP) is 2.72. The number of nitrogens with zero attached hydrogens (tertiary/aromatic N) is 2. The Kier molecular flexibility index (Phi) is 6.89. The van der Waals surface area contributed by atoms with E-state index in [9.17, 15) is 9.59 Å². The van der Waals surface area contributed by atoms with E-state index in [1.165, 1.54) is 23.9 Å². The monoisotopic (exact) mass is 361 g/mol. The number of esters is 1. The van der Waals surface area contributed by atoms with Gasteiger partial charge < -0.3 is 19.9 Å². The minimum absolute atomic E-state index is 0.193. The molecular weight excluding hydrogens is 330 g/mol. The molecule has 1 aliphatic rings. The largest absolute Gasteiger partial charge is 0.467 e. The smallest absolute Gasteiger partial charge is 0.328 e. The maximum absolute atomic E-state index is 12.6. The van der Waals surface area contributed by atoms with E-state index in [1.54, 1.807) is 4.90 Å². The van der Waals surface area contributed by atoms with Gasteiger partial charge in [0.15, 0.2) is 0 Å². The number of nitrogens with one attached hydrogen (secondary N) is 1. The van der Waals surface area contributed by atoms with Crippen molar-refractivity contribution >= 4 is 17.7 Å². The average molecular weight is 361 g/mol. The fourth-order valence-electron chi connectivity index (χ4n) is 3.30. The van der Waals surface area contributed by atoms with Crippen molar-refractivity contribution in [3.05, 3.63) is 29.3 Å². The summed E-state index contributed by atoms with van der Waals surface area (Å²) < 4.78 is 4.82. The minimum Gasteiger partial charge on any atom is -0.467 e. The SMILES string of the molecule is COC(=O)C(CC(C)C)NC(=O)N1CCN(c2cccc(C)c2C)CC1. The quantitative estimate of drug-likeness (QED) is 0.819. The molecule has 1 unspecified atom stereocenters. The Hall–Kier alpha value is -2.24. The minimum atomic E-state index is -0.593. The topological polar surface area (TPSA) is 61.9 Å². The zero-order chi connectivity index (χ0) is 19.3. The number of anilines is 1. The van der Waals surface area contributed by atoms with Crippen LogP contribution in [0.1, 0.15) is 31.4 Å². The predicted molar refractivity (Wildman–Crippen MR) is 103 cm³/mol. The maximum atomic E-state index is 12.6. The summed E-state index contributed by atoms with van der Waals surface area (Å²) in [7, 11) is 1.35. The summed E-state index contributed by atoms with van der Waals surface area (Å²) in [5, 5.41) is 2.84. The van der Waals surface area contributed by atoms with Gasteiger partial charge in [0.05, 0.1) is 7.11 Å². The van der Waals surface area contributed by atoms with Crippen molar-refractivity contribution in [3.8, 4) is 0 Å². The van der Waals surface area contributed by atoms with E-state index >= 15 is 0 Å². The van der Waals surface area contributed by atoms with Gasteiger partial charge in [0.2, 0.25) is 0 Å². The number of methoxy groups -OCH3 is 1. The van der Waals surface area contributed by atoms with Crippen LogP contribution < -0.4 is 10.2 Å². The van der Waals surface area contributed by atoms with E-state index in [4.69, 9.17) is 4.74 Å². The first-order valence-corrected chi connectivity index (χ1v) is 9.28. The van der Waals surface area contributed by atoms with Gasteiger partial charge in [-0.3, -0.25) is 0 Å². The summed E-state index contributed by atoms with van der Waals surface area (Å²) >= 11 is 0. The summed E-state index contributed by atoms with van der Waals surface area (Å²) in [6.45, 7) is 11.1. The number of urea groups is 1. The van der Waals surface area contributed by atoms with Crippen LogP contribution in [-0.4, -0.2) is 56.2 Å². The molecule has 2 rings (SSSR count). The van der Waals surface area contributed by atoms with Crippen LogP contribution in [0.15, 0.2) is 18.2 Å². The Balaban J connectivity index is 1.95. The number of ether oxygens (including phenoxy) is 1. The molecule has 26 heavy (non-hydrogen) atoms. The molecule has 6 nitrogen and oxygen atoms in total. The second-order valence-corrected chi connectivity index (χ2v) is 7.35. The lowest BCUT2D eigenvalue weighted by Gasteiger charge is -2.37. The van der Waals surface area contributed by atoms with E-state index in [-0.39, 0.29) is 12.0 Å². The van der Waals surface area contributed by atoms with Gasteiger partial charge in [-0.05, 0) is 43.4 Å². The Bertz CT molecular complexity index is 637. The number of benzene rings is 1. The highest BCUT2D eigenvalue weighted by molar-refractivity contribution is 5.83. The van der Waals surface area contributed by atoms with Crippen LogP contribution in [0.4, 0.5) is 10.5 Å². The molecule has 1 fully saturated rings. The standard InChI is InChI=1S/C20H31N3O3/c1-14(2)13-17(19(24)26-5)21-20(25)23-11-9-22(10-12-23)18-8-6-7-15(3)16(18)4/h6-8,14,17H,9-13H2,1-5H3,(H,21,25). The summed E-state index contributed by atoms with van der Waals surface area (Å²) in [5.74, 6) is -0.0957. The normalized spacial score (nSPS) is 15.8. The van der Waals surface area contributed by atoms with Gasteiger partial charge in [-0.15, -0.1) is 0 Å². The van der Waals surface area contributed by atoms with E-state index in [2.05, 4.69) is 42.3 Å². The maximum Gasteiger partial charge on any atom is 0.328 e. The third-order valence-corrected chi connectivity index (χ3v) is 4.97. The van der Waals surface area contributed by atoms with E-state index in [0.717, 1.165) is 13.1 Å². The molecule has 1 heterocycles. The molecule has 1 N–H and O–H groups in total. The third-order valence-electron chi connectivity index (χ3n) is 4.97. The van der Waals surface area contributed by atoms with Crippen molar-refractivity contribution in [2.45, 2.75) is 40.2 Å². The molecule has 1 aliphatic heterocycles. The van der Waals surface area contributed by atoms with Gasteiger partial charge in [0.1, 0.15) is 6.04 Å². The van der Waals surface area contributed by atoms with Crippen molar-refractivity contribution in [2.24, 2.45) is 5.92 Å². The molecule has 0 saturated carbocycles. The van der Waals surface area contributed by atoms with Crippen molar-refractivity contribution in [1.29, 1.82) is 0 Å². The molecule has 0 radical (unpaired) electrons. The number of aryl methyl sites for hydroxylation is 1. The molecule has 0 aliphatic carbocycles. The molecule has 0 aromatic heterocycles. The molecule has 2 amide bonds. The van der Waals surface area contributed by atoms with Gasteiger partial charge in [-0.25, -0.2) is 9.59 Å². The van der Waals surface area contributed by atoms with Gasteiger partial charge in [0.25, 0.3) is 0 Å². The Morgan fingerprint density at radius 1 is 1.15 bits per heavy atom. The van der Waals surface area contributed by atoms with E-state index < -0.39 is 6.04 Å². The van der Waals surface area contributed by atoms with Gasteiger partial charge in [-0.2, -0.15) is 0 Å². The Morgan fingerprint density at radius 2 is 1.81 bits per heavy atom. The molecular formula is C20H31N3O3. The van der Waals surface area contributed by atoms with Crippen LogP contribution >= 0.6 is 0 Å². The van der Waals surface area contributed by atoms with Gasteiger partial charge in [-0.1, -0.05) is 26.0 Å². The lowest BCUT2D eigenvalue weighted by molar-refractivity contribution is -0.143. The van der Waals surface area contributed by atoms with Crippen molar-refractivity contribution in [3.63, 3.8) is 0 Å². The zero-order valence-electron chi connectivity index (χ0n) is 16.5. The highest BCUT2D eigenvalue weighted by Crippen LogP contribution is 2.23. The Labute approximate surface area is 156 Å². The lowest BCUT2D eigenvalue weighted by atomic mass is 10.0. The number of amides is 2. The molecule has 1 aromatic rings. The molecule has 1 saturated heterocycles. The number of piperazine rings is 1. The van der Waals surface area contributed by atoms with Gasteiger partial charge in [0, 0.05) is 31.9 Å². The summed E-state index contributed by atoms with van der Waals surface area (Å²) in [4.78, 5) is 28.6. The second-order valence-electron chi connectivity index (χ2n) is 7.35. The molecule has 1 aromatic carbocycles.